The number of aromatic amines is 1. The molecule has 0 amide bonds. The Labute approximate surface area is 219 Å². The van der Waals surface area contributed by atoms with Crippen molar-refractivity contribution in [3.8, 4) is 16.9 Å². The summed E-state index contributed by atoms with van der Waals surface area (Å²) in [7, 11) is -3.45. The zero-order valence-corrected chi connectivity index (χ0v) is 21.7. The molecule has 2 aliphatic heterocycles. The molecule has 2 fully saturated rings. The first-order valence-corrected chi connectivity index (χ1v) is 14.2. The molecule has 11 heteroatoms. The van der Waals surface area contributed by atoms with Crippen molar-refractivity contribution in [2.24, 2.45) is 0 Å². The molecule has 0 bridgehead atoms. The van der Waals surface area contributed by atoms with E-state index in [1.807, 2.05) is 42.0 Å². The largest absolute Gasteiger partial charge is 0.492 e. The van der Waals surface area contributed by atoms with E-state index in [-0.39, 0.29) is 5.54 Å². The highest BCUT2D eigenvalue weighted by Gasteiger charge is 2.59. The van der Waals surface area contributed by atoms with Gasteiger partial charge in [-0.2, -0.15) is 9.40 Å². The zero-order valence-electron chi connectivity index (χ0n) is 20.9. The Balaban J connectivity index is 1.11. The van der Waals surface area contributed by atoms with Gasteiger partial charge in [0.25, 0.3) is 0 Å². The molecule has 2 saturated heterocycles. The molecule has 1 N–H and O–H groups in total. The number of hydrogen-bond acceptors (Lipinski definition) is 7. The molecule has 7 rings (SSSR count). The van der Waals surface area contributed by atoms with Crippen molar-refractivity contribution in [3.05, 3.63) is 67.1 Å². The van der Waals surface area contributed by atoms with E-state index >= 15 is 0 Å². The Hall–Kier alpha value is -3.96. The topological polar surface area (TPSA) is 108 Å². The van der Waals surface area contributed by atoms with Crippen LogP contribution in [0.1, 0.15) is 19.8 Å². The van der Waals surface area contributed by atoms with Gasteiger partial charge < -0.3 is 9.64 Å². The van der Waals surface area contributed by atoms with Gasteiger partial charge in [-0.15, -0.1) is 5.10 Å². The van der Waals surface area contributed by atoms with Crippen molar-refractivity contribution in [2.45, 2.75) is 30.2 Å². The minimum absolute atomic E-state index is 0.269. The van der Waals surface area contributed by atoms with Gasteiger partial charge in [-0.1, -0.05) is 18.2 Å². The number of fused-ring (bicyclic) bond motifs is 3. The van der Waals surface area contributed by atoms with Gasteiger partial charge in [-0.05, 0) is 50.1 Å². The lowest BCUT2D eigenvalue weighted by molar-refractivity contribution is 0.338. The van der Waals surface area contributed by atoms with E-state index in [2.05, 4.69) is 26.3 Å². The van der Waals surface area contributed by atoms with E-state index < -0.39 is 10.0 Å². The Morgan fingerprint density at radius 1 is 1.08 bits per heavy atom. The predicted octanol–water partition coefficient (Wildman–Crippen LogP) is 3.71. The fourth-order valence-electron chi connectivity index (χ4n) is 5.59. The highest BCUT2D eigenvalue weighted by Crippen LogP contribution is 2.46. The SMILES string of the molecule is CCOc1cc(-c2ccc(N3CCC4(CC3)CN4S(=O)(=O)c3ccccc3)nc2)c2c3cn[nH]c3nn2c1. The summed E-state index contributed by atoms with van der Waals surface area (Å²) in [4.78, 5) is 7.40. The quantitative estimate of drug-likeness (QED) is 0.334. The fourth-order valence-corrected chi connectivity index (χ4v) is 7.45. The van der Waals surface area contributed by atoms with Crippen LogP contribution in [0.4, 0.5) is 5.82 Å². The summed E-state index contributed by atoms with van der Waals surface area (Å²) in [6, 6.07) is 14.8. The number of nitrogens with zero attached hydrogens (tertiary/aromatic N) is 6. The number of benzene rings is 1. The molecular formula is C27H27N7O3S. The molecule has 10 nitrogen and oxygen atoms in total. The van der Waals surface area contributed by atoms with E-state index in [0.717, 1.165) is 65.2 Å². The van der Waals surface area contributed by atoms with Crippen molar-refractivity contribution in [1.82, 2.24) is 29.1 Å². The van der Waals surface area contributed by atoms with Crippen LogP contribution in [0.15, 0.2) is 72.0 Å². The summed E-state index contributed by atoms with van der Waals surface area (Å²) in [5.74, 6) is 1.62. The second-order valence-electron chi connectivity index (χ2n) is 9.89. The Bertz CT molecular complexity index is 1740. The van der Waals surface area contributed by atoms with Crippen LogP contribution >= 0.6 is 0 Å². The molecule has 4 aromatic heterocycles. The van der Waals surface area contributed by atoms with Gasteiger partial charge >= 0.3 is 0 Å². The molecular weight excluding hydrogens is 502 g/mol. The van der Waals surface area contributed by atoms with Crippen LogP contribution in [-0.2, 0) is 10.0 Å². The number of aromatic nitrogens is 5. The number of sulfonamides is 1. The van der Waals surface area contributed by atoms with Crippen LogP contribution in [0, 0.1) is 0 Å². The van der Waals surface area contributed by atoms with Gasteiger partial charge in [0.2, 0.25) is 10.0 Å². The van der Waals surface area contributed by atoms with Crippen LogP contribution < -0.4 is 9.64 Å². The summed E-state index contributed by atoms with van der Waals surface area (Å²) in [5, 5.41) is 12.6. The molecule has 5 aromatic rings. The third kappa shape index (κ3) is 3.64. The van der Waals surface area contributed by atoms with Gasteiger partial charge in [0.1, 0.15) is 11.6 Å². The minimum atomic E-state index is -3.45. The normalized spacial score (nSPS) is 18.9. The molecule has 0 aliphatic carbocycles. The number of rotatable bonds is 6. The van der Waals surface area contributed by atoms with Crippen LogP contribution in [0.25, 0.3) is 27.7 Å². The molecule has 1 unspecified atom stereocenters. The molecule has 0 radical (unpaired) electrons. The van der Waals surface area contributed by atoms with E-state index in [0.29, 0.717) is 18.0 Å². The van der Waals surface area contributed by atoms with Crippen LogP contribution in [0.5, 0.6) is 5.75 Å². The molecule has 1 spiro atoms. The Morgan fingerprint density at radius 3 is 2.63 bits per heavy atom. The number of nitrogens with one attached hydrogen (secondary N) is 1. The van der Waals surface area contributed by atoms with Gasteiger partial charge in [0, 0.05) is 37.0 Å². The lowest BCUT2D eigenvalue weighted by Crippen LogP contribution is -2.40. The first kappa shape index (κ1) is 23.2. The summed E-state index contributed by atoms with van der Waals surface area (Å²) in [6.45, 7) is 4.62. The molecule has 2 aliphatic rings. The van der Waals surface area contributed by atoms with Crippen molar-refractivity contribution in [3.63, 3.8) is 0 Å². The smallest absolute Gasteiger partial charge is 0.243 e. The van der Waals surface area contributed by atoms with E-state index in [1.54, 1.807) is 34.8 Å². The maximum Gasteiger partial charge on any atom is 0.243 e. The molecule has 1 aromatic carbocycles. The van der Waals surface area contributed by atoms with E-state index in [9.17, 15) is 8.42 Å². The first-order chi connectivity index (χ1) is 18.5. The van der Waals surface area contributed by atoms with Crippen molar-refractivity contribution in [2.75, 3.05) is 31.1 Å². The maximum absolute atomic E-state index is 13.1. The number of H-pyrrole nitrogens is 1. The van der Waals surface area contributed by atoms with Crippen LogP contribution in [0.3, 0.4) is 0 Å². The van der Waals surface area contributed by atoms with Crippen molar-refractivity contribution < 1.29 is 13.2 Å². The number of piperidine rings is 1. The maximum atomic E-state index is 13.1. The average Bonchev–Trinajstić information content (AvgIpc) is 3.27. The van der Waals surface area contributed by atoms with E-state index in [1.165, 1.54) is 0 Å². The Kier molecular flexibility index (Phi) is 5.21. The summed E-state index contributed by atoms with van der Waals surface area (Å²) >= 11 is 0. The highest BCUT2D eigenvalue weighted by molar-refractivity contribution is 7.89. The third-order valence-corrected chi connectivity index (χ3v) is 9.65. The molecule has 38 heavy (non-hydrogen) atoms. The van der Waals surface area contributed by atoms with Gasteiger partial charge in [0.15, 0.2) is 5.65 Å². The number of anilines is 1. The van der Waals surface area contributed by atoms with Crippen LogP contribution in [0.2, 0.25) is 0 Å². The highest BCUT2D eigenvalue weighted by atomic mass is 32.2. The van der Waals surface area contributed by atoms with Crippen LogP contribution in [-0.4, -0.2) is 69.3 Å². The summed E-state index contributed by atoms with van der Waals surface area (Å²) in [5.41, 5.74) is 3.32. The average molecular weight is 530 g/mol. The lowest BCUT2D eigenvalue weighted by Gasteiger charge is -2.33. The number of hydrogen-bond donors (Lipinski definition) is 1. The second kappa shape index (κ2) is 8.53. The first-order valence-electron chi connectivity index (χ1n) is 12.8. The van der Waals surface area contributed by atoms with Gasteiger partial charge in [-0.3, -0.25) is 5.10 Å². The number of pyridine rings is 2. The summed E-state index contributed by atoms with van der Waals surface area (Å²) in [6.07, 6.45) is 7.11. The van der Waals surface area contributed by atoms with Crippen molar-refractivity contribution in [1.29, 1.82) is 0 Å². The summed E-state index contributed by atoms with van der Waals surface area (Å²) < 4.78 is 35.4. The molecule has 1 atom stereocenters. The fraction of sp³-hybridized carbons (Fsp3) is 0.296. The predicted molar refractivity (Wildman–Crippen MR) is 144 cm³/mol. The van der Waals surface area contributed by atoms with Crippen molar-refractivity contribution >= 4 is 32.4 Å². The zero-order chi connectivity index (χ0) is 25.9. The third-order valence-electron chi connectivity index (χ3n) is 7.69. The lowest BCUT2D eigenvalue weighted by atomic mass is 9.97. The van der Waals surface area contributed by atoms with Gasteiger partial charge in [-0.25, -0.2) is 17.9 Å². The Morgan fingerprint density at radius 2 is 1.89 bits per heavy atom. The monoisotopic (exact) mass is 529 g/mol. The minimum Gasteiger partial charge on any atom is -0.492 e. The standard InChI is InChI=1S/C27H27N7O3S/c1-2-37-20-14-22(25-23-16-29-30-26(23)31-33(25)17-20)19-8-9-24(28-15-19)32-12-10-27(11-13-32)18-34(27)38(35,36)21-6-4-3-5-7-21/h3-9,14-17H,2,10-13,18H2,1H3,(H,30,31). The molecule has 0 saturated carbocycles. The number of ether oxygens (including phenoxy) is 1. The van der Waals surface area contributed by atoms with Gasteiger partial charge in [0.05, 0.1) is 40.3 Å². The molecule has 6 heterocycles. The second-order valence-corrected chi connectivity index (χ2v) is 11.8. The van der Waals surface area contributed by atoms with E-state index in [4.69, 9.17) is 9.72 Å². The molecule has 194 valence electrons.